The Balaban J connectivity index is 2.04. The number of aliphatic hydroxyl groups is 1. The van der Waals surface area contributed by atoms with E-state index in [1.54, 1.807) is 24.8 Å². The van der Waals surface area contributed by atoms with Crippen molar-refractivity contribution in [3.8, 4) is 0 Å². The Morgan fingerprint density at radius 3 is 2.55 bits per heavy atom. The lowest BCUT2D eigenvalue weighted by molar-refractivity contribution is -0.153. The van der Waals surface area contributed by atoms with Gasteiger partial charge in [0.2, 0.25) is 11.8 Å². The maximum Gasteiger partial charge on any atom is 0.310 e. The van der Waals surface area contributed by atoms with Crippen LogP contribution in [0.25, 0.3) is 0 Å². The summed E-state index contributed by atoms with van der Waals surface area (Å²) in [5.41, 5.74) is -0.468. The first kappa shape index (κ1) is 26.1. The van der Waals surface area contributed by atoms with Gasteiger partial charge in [-0.3, -0.25) is 14.4 Å². The van der Waals surface area contributed by atoms with Crippen molar-refractivity contribution in [1.29, 1.82) is 0 Å². The summed E-state index contributed by atoms with van der Waals surface area (Å²) in [6, 6.07) is -0.712. The second-order valence-electron chi connectivity index (χ2n) is 11.4. The number of nitrogens with zero attached hydrogens (tertiary/aromatic N) is 2. The Morgan fingerprint density at radius 1 is 1.33 bits per heavy atom. The second kappa shape index (κ2) is 9.25. The molecule has 2 amide bonds. The van der Waals surface area contributed by atoms with Gasteiger partial charge in [-0.1, -0.05) is 26.8 Å². The average molecular weight is 481 g/mol. The molecular weight excluding hydrogens is 440 g/mol. The first-order valence-corrected chi connectivity index (χ1v) is 12.9. The number of carbonyl (C=O) groups is 3. The van der Waals surface area contributed by atoms with Gasteiger partial charge >= 0.3 is 5.97 Å². The van der Waals surface area contributed by atoms with Crippen LogP contribution in [0.5, 0.6) is 0 Å². The molecule has 3 heterocycles. The quantitative estimate of drug-likeness (QED) is 0.403. The highest BCUT2D eigenvalue weighted by Gasteiger charge is 2.74. The van der Waals surface area contributed by atoms with Crippen molar-refractivity contribution >= 4 is 29.5 Å². The van der Waals surface area contributed by atoms with Crippen LogP contribution in [0, 0.1) is 17.3 Å². The minimum atomic E-state index is -0.712. The highest BCUT2D eigenvalue weighted by atomic mass is 32.2. The third-order valence-electron chi connectivity index (χ3n) is 7.21. The fourth-order valence-corrected chi connectivity index (χ4v) is 8.79. The molecule has 3 aliphatic heterocycles. The predicted octanol–water partition coefficient (Wildman–Crippen LogP) is 2.86. The van der Waals surface area contributed by atoms with E-state index in [9.17, 15) is 19.5 Å². The molecule has 3 fully saturated rings. The second-order valence-corrected chi connectivity index (χ2v) is 13.0. The van der Waals surface area contributed by atoms with E-state index in [2.05, 4.69) is 41.2 Å². The molecule has 3 aliphatic rings. The number of carbonyl (C=O) groups excluding carboxylic acids is 3. The molecule has 33 heavy (non-hydrogen) atoms. The molecule has 1 spiro atoms. The molecule has 0 aliphatic carbocycles. The van der Waals surface area contributed by atoms with Crippen molar-refractivity contribution in [1.82, 2.24) is 9.80 Å². The summed E-state index contributed by atoms with van der Waals surface area (Å²) < 4.78 is 4.67. The van der Waals surface area contributed by atoms with Crippen LogP contribution in [0.2, 0.25) is 0 Å². The molecule has 0 saturated carbocycles. The van der Waals surface area contributed by atoms with Gasteiger partial charge in [0.05, 0.1) is 29.8 Å². The highest BCUT2D eigenvalue weighted by Crippen LogP contribution is 2.66. The van der Waals surface area contributed by atoms with Gasteiger partial charge in [-0.2, -0.15) is 0 Å². The number of fused-ring (bicyclic) bond motifs is 1. The van der Waals surface area contributed by atoms with Gasteiger partial charge in [0.15, 0.2) is 0 Å². The fraction of sp³-hybridized carbons (Fsp3) is 0.800. The van der Waals surface area contributed by atoms with E-state index in [0.717, 1.165) is 12.8 Å². The molecule has 3 saturated heterocycles. The fourth-order valence-electron chi connectivity index (χ4n) is 6.59. The standard InChI is InChI=1S/C25H40N2O5S/c1-8-12-27(24(6,7)15-23(3,4)5)21(30)19-25-11-10-16(33-25)17(22(31)32-9-2)18(25)20(29)26(19)13-14-28/h8,16-19,28H,1,9-15H2,2-7H3/t16-,17+,18+,19?,25?/m1/s1. The normalized spacial score (nSPS) is 31.0. The van der Waals surface area contributed by atoms with Crippen LogP contribution >= 0.6 is 11.8 Å². The van der Waals surface area contributed by atoms with E-state index in [0.29, 0.717) is 13.0 Å². The molecule has 5 atom stereocenters. The number of esters is 1. The Labute approximate surface area is 202 Å². The summed E-state index contributed by atoms with van der Waals surface area (Å²) in [6.07, 6.45) is 3.99. The van der Waals surface area contributed by atoms with E-state index >= 15 is 0 Å². The van der Waals surface area contributed by atoms with E-state index in [4.69, 9.17) is 4.74 Å². The van der Waals surface area contributed by atoms with Crippen LogP contribution < -0.4 is 0 Å². The Kier molecular flexibility index (Phi) is 7.31. The number of thioether (sulfide) groups is 1. The summed E-state index contributed by atoms with van der Waals surface area (Å²) in [5.74, 6) is -1.79. The highest BCUT2D eigenvalue weighted by molar-refractivity contribution is 8.02. The minimum Gasteiger partial charge on any atom is -0.466 e. The van der Waals surface area contributed by atoms with Gasteiger partial charge in [0, 0.05) is 23.9 Å². The number of hydrogen-bond donors (Lipinski definition) is 1. The summed E-state index contributed by atoms with van der Waals surface area (Å²) in [4.78, 5) is 44.2. The van der Waals surface area contributed by atoms with E-state index in [1.807, 2.05) is 4.90 Å². The van der Waals surface area contributed by atoms with E-state index in [1.165, 1.54) is 4.90 Å². The monoisotopic (exact) mass is 480 g/mol. The molecule has 0 aromatic rings. The number of rotatable bonds is 9. The van der Waals surface area contributed by atoms with E-state index in [-0.39, 0.29) is 48.2 Å². The largest absolute Gasteiger partial charge is 0.466 e. The lowest BCUT2D eigenvalue weighted by Gasteiger charge is -2.46. The first-order valence-electron chi connectivity index (χ1n) is 12.0. The number of β-amino-alcohol motifs (C(OH)–C–C–N with tert-alkyl or cyclic N) is 1. The maximum atomic E-state index is 14.3. The topological polar surface area (TPSA) is 87.2 Å². The predicted molar refractivity (Wildman–Crippen MR) is 130 cm³/mol. The van der Waals surface area contributed by atoms with Crippen molar-refractivity contribution in [3.63, 3.8) is 0 Å². The molecule has 1 N–H and O–H groups in total. The molecule has 0 radical (unpaired) electrons. The Hall–Kier alpha value is -1.54. The number of likely N-dealkylation sites (tertiary alicyclic amines) is 1. The number of ether oxygens (including phenoxy) is 1. The minimum absolute atomic E-state index is 0.00410. The molecule has 2 bridgehead atoms. The Bertz CT molecular complexity index is 807. The van der Waals surface area contributed by atoms with Gasteiger partial charge in [0.1, 0.15) is 6.04 Å². The van der Waals surface area contributed by atoms with Gasteiger partial charge in [-0.15, -0.1) is 18.3 Å². The smallest absolute Gasteiger partial charge is 0.310 e. The molecule has 3 rings (SSSR count). The first-order chi connectivity index (χ1) is 15.3. The summed E-state index contributed by atoms with van der Waals surface area (Å²) >= 11 is 1.62. The summed E-state index contributed by atoms with van der Waals surface area (Å²) in [6.45, 7) is 16.7. The zero-order valence-corrected chi connectivity index (χ0v) is 21.7. The summed E-state index contributed by atoms with van der Waals surface area (Å²) in [5, 5.41) is 9.74. The molecule has 8 heteroatoms. The van der Waals surface area contributed by atoms with Crippen molar-refractivity contribution < 1.29 is 24.2 Å². The van der Waals surface area contributed by atoms with Crippen molar-refractivity contribution in [2.75, 3.05) is 26.3 Å². The van der Waals surface area contributed by atoms with Gasteiger partial charge in [-0.25, -0.2) is 0 Å². The molecule has 2 unspecified atom stereocenters. The van der Waals surface area contributed by atoms with Crippen LogP contribution in [0.1, 0.15) is 60.8 Å². The van der Waals surface area contributed by atoms with E-state index < -0.39 is 28.2 Å². The maximum absolute atomic E-state index is 14.3. The van der Waals surface area contributed by atoms with Crippen LogP contribution in [0.3, 0.4) is 0 Å². The van der Waals surface area contributed by atoms with Crippen LogP contribution in [0.4, 0.5) is 0 Å². The lowest BCUT2D eigenvalue weighted by Crippen LogP contribution is -2.60. The van der Waals surface area contributed by atoms with Crippen LogP contribution in [-0.2, 0) is 19.1 Å². The van der Waals surface area contributed by atoms with Gasteiger partial charge in [0.25, 0.3) is 0 Å². The Morgan fingerprint density at radius 2 is 2.00 bits per heavy atom. The van der Waals surface area contributed by atoms with Crippen LogP contribution in [0.15, 0.2) is 12.7 Å². The van der Waals surface area contributed by atoms with Crippen molar-refractivity contribution in [2.24, 2.45) is 17.3 Å². The van der Waals surface area contributed by atoms with Crippen molar-refractivity contribution in [3.05, 3.63) is 12.7 Å². The lowest BCUT2D eigenvalue weighted by atomic mass is 9.71. The number of aliphatic hydroxyl groups excluding tert-OH is 1. The number of amides is 2. The third kappa shape index (κ3) is 4.45. The molecule has 0 aromatic heterocycles. The zero-order chi connectivity index (χ0) is 24.8. The van der Waals surface area contributed by atoms with Gasteiger partial charge < -0.3 is 19.6 Å². The van der Waals surface area contributed by atoms with Crippen LogP contribution in [-0.4, -0.2) is 80.6 Å². The van der Waals surface area contributed by atoms with Gasteiger partial charge in [-0.05, 0) is 45.4 Å². The number of hydrogen-bond acceptors (Lipinski definition) is 6. The zero-order valence-electron chi connectivity index (χ0n) is 20.9. The molecule has 186 valence electrons. The van der Waals surface area contributed by atoms with Crippen molar-refractivity contribution in [2.45, 2.75) is 82.4 Å². The SMILES string of the molecule is C=CCN(C(=O)C1N(CCO)C(=O)[C@@H]2[C@@H](C(=O)OCC)[C@H]3CCC12S3)C(C)(C)CC(C)(C)C. The average Bonchev–Trinajstić information content (AvgIpc) is 3.32. The third-order valence-corrected chi connectivity index (χ3v) is 9.16. The molecule has 0 aromatic carbocycles. The summed E-state index contributed by atoms with van der Waals surface area (Å²) in [7, 11) is 0. The molecular formula is C25H40N2O5S. The molecule has 7 nitrogen and oxygen atoms in total.